The number of phenolic OH excluding ortho intramolecular Hbond substituents is 1. The van der Waals surface area contributed by atoms with Gasteiger partial charge in [-0.25, -0.2) is 4.79 Å². The first-order valence-corrected chi connectivity index (χ1v) is 13.9. The molecule has 0 saturated carbocycles. The topological polar surface area (TPSA) is 154 Å². The van der Waals surface area contributed by atoms with E-state index in [4.69, 9.17) is 41.7 Å². The molecule has 5 rings (SSSR count). The van der Waals surface area contributed by atoms with Crippen molar-refractivity contribution in [3.63, 3.8) is 0 Å². The average molecular weight is 639 g/mol. The van der Waals surface area contributed by atoms with Crippen molar-refractivity contribution in [1.82, 2.24) is 9.88 Å². The summed E-state index contributed by atoms with van der Waals surface area (Å²) in [6, 6.07) is 14.3. The van der Waals surface area contributed by atoms with Gasteiger partial charge < -0.3 is 29.0 Å². The Bertz CT molecular complexity index is 1840. The van der Waals surface area contributed by atoms with Crippen molar-refractivity contribution >= 4 is 29.2 Å². The molecular weight excluding hydrogens is 612 g/mol. The third-order valence-corrected chi connectivity index (χ3v) is 6.79. The molecule has 3 aromatic carbocycles. The first-order valence-electron chi connectivity index (χ1n) is 13.5. The molecule has 11 nitrogen and oxygen atoms in total. The zero-order valence-electron chi connectivity index (χ0n) is 24.0. The number of benzene rings is 3. The molecule has 0 unspecified atom stereocenters. The predicted molar refractivity (Wildman–Crippen MR) is 161 cm³/mol. The summed E-state index contributed by atoms with van der Waals surface area (Å²) in [4.78, 5) is 22.4. The van der Waals surface area contributed by atoms with E-state index in [1.54, 1.807) is 25.1 Å². The molecule has 0 atom stereocenters. The second-order valence-corrected chi connectivity index (χ2v) is 10.1. The molecule has 0 bridgehead atoms. The zero-order chi connectivity index (χ0) is 32.2. The van der Waals surface area contributed by atoms with Crippen LogP contribution >= 0.6 is 11.6 Å². The number of phenols is 1. The van der Waals surface area contributed by atoms with Crippen LogP contribution in [0.1, 0.15) is 28.4 Å². The number of halogens is 3. The van der Waals surface area contributed by atoms with E-state index in [0.29, 0.717) is 17.9 Å². The van der Waals surface area contributed by atoms with Gasteiger partial charge in [0.25, 0.3) is 17.6 Å². The van der Waals surface area contributed by atoms with Crippen molar-refractivity contribution in [2.75, 3.05) is 26.7 Å². The van der Waals surface area contributed by atoms with Gasteiger partial charge in [-0.2, -0.15) is 13.8 Å². The number of aliphatic imine (C=N–C) groups is 1. The predicted octanol–water partition coefficient (Wildman–Crippen LogP) is 4.43. The standard InChI is InChI=1S/C31H26ClF2N5O6/c1-3-42-31(41)18-8-10-22(20(32)14-18)44-26-24(33)29(43-19-6-4-5-17(13-19)28-37-11-12-39(28)2)38-30(25(26)34)45-23-15-16(27(35)36)7-9-21(23)40/h4-10,13-15,40H,3,11-12H2,1-2H3,(H3,35,36)/p+1. The number of hydrogen-bond donors (Lipinski definition) is 3. The molecule has 45 heavy (non-hydrogen) atoms. The maximum atomic E-state index is 15.9. The lowest BCUT2D eigenvalue weighted by molar-refractivity contribution is -0.114. The Balaban J connectivity index is 1.57. The normalized spacial score (nSPS) is 12.5. The molecule has 1 aliphatic heterocycles. The van der Waals surface area contributed by atoms with Crippen molar-refractivity contribution in [1.29, 1.82) is 0 Å². The lowest BCUT2D eigenvalue weighted by atomic mass is 10.2. The lowest BCUT2D eigenvalue weighted by Gasteiger charge is -2.17. The van der Waals surface area contributed by atoms with Crippen molar-refractivity contribution in [3.05, 3.63) is 94.0 Å². The van der Waals surface area contributed by atoms with Crippen molar-refractivity contribution in [3.8, 4) is 40.5 Å². The summed E-state index contributed by atoms with van der Waals surface area (Å²) in [6.45, 7) is 3.14. The molecule has 5 N–H and O–H groups in total. The number of aromatic nitrogens is 1. The van der Waals surface area contributed by atoms with E-state index >= 15 is 8.78 Å². The summed E-state index contributed by atoms with van der Waals surface area (Å²) in [5.74, 6) is -6.04. The number of esters is 1. The van der Waals surface area contributed by atoms with Gasteiger partial charge in [-0.1, -0.05) is 23.7 Å². The number of aromatic hydroxyl groups is 1. The largest absolute Gasteiger partial charge is 0.504 e. The first kappa shape index (κ1) is 31.0. The monoisotopic (exact) mass is 638 g/mol. The van der Waals surface area contributed by atoms with E-state index in [0.717, 1.165) is 6.54 Å². The SMILES string of the molecule is CCOC(=O)c1ccc(Oc2c(F)c(Oc3cccc(C4=NCCN4C)c3)nc(Oc3cc(C(N)=[NH2+])ccc3O)c2F)c(Cl)c1. The summed E-state index contributed by atoms with van der Waals surface area (Å²) in [5, 5.41) is 15.9. The van der Waals surface area contributed by atoms with Crippen LogP contribution in [-0.2, 0) is 4.74 Å². The molecule has 0 saturated heterocycles. The molecule has 0 spiro atoms. The van der Waals surface area contributed by atoms with Crippen molar-refractivity contribution < 1.29 is 43.0 Å². The van der Waals surface area contributed by atoms with Gasteiger partial charge in [0.05, 0.1) is 29.3 Å². The summed E-state index contributed by atoms with van der Waals surface area (Å²) in [7, 11) is 1.89. The van der Waals surface area contributed by atoms with E-state index in [-0.39, 0.29) is 45.8 Å². The number of pyridine rings is 1. The molecule has 0 radical (unpaired) electrons. The molecular formula is C31H27ClF2N5O6+. The Morgan fingerprint density at radius 2 is 1.76 bits per heavy atom. The van der Waals surface area contributed by atoms with Gasteiger partial charge in [0, 0.05) is 25.2 Å². The molecule has 4 aromatic rings. The summed E-state index contributed by atoms with van der Waals surface area (Å²) in [6.07, 6.45) is 0. The Morgan fingerprint density at radius 1 is 1.02 bits per heavy atom. The summed E-state index contributed by atoms with van der Waals surface area (Å²) < 4.78 is 53.7. The van der Waals surface area contributed by atoms with Gasteiger partial charge >= 0.3 is 5.97 Å². The van der Waals surface area contributed by atoms with Gasteiger partial charge in [0.1, 0.15) is 17.3 Å². The van der Waals surface area contributed by atoms with Crippen LogP contribution < -0.4 is 25.4 Å². The number of hydrogen-bond acceptors (Lipinski definition) is 9. The highest BCUT2D eigenvalue weighted by Crippen LogP contribution is 2.42. The number of nitrogens with two attached hydrogens (primary N) is 2. The minimum Gasteiger partial charge on any atom is -0.504 e. The first-order chi connectivity index (χ1) is 21.5. The smallest absolute Gasteiger partial charge is 0.338 e. The van der Waals surface area contributed by atoms with Crippen LogP contribution in [-0.4, -0.2) is 59.4 Å². The van der Waals surface area contributed by atoms with Crippen LogP contribution in [0.15, 0.2) is 65.7 Å². The Hall–Kier alpha value is -5.43. The molecule has 232 valence electrons. The van der Waals surface area contributed by atoms with Crippen molar-refractivity contribution in [2.45, 2.75) is 6.92 Å². The molecule has 0 fully saturated rings. The fourth-order valence-electron chi connectivity index (χ4n) is 4.27. The number of carbonyl (C=O) groups excluding carboxylic acids is 1. The second kappa shape index (κ2) is 13.1. The Kier molecular flexibility index (Phi) is 9.00. The van der Waals surface area contributed by atoms with Crippen LogP contribution in [0.25, 0.3) is 0 Å². The maximum absolute atomic E-state index is 15.9. The van der Waals surface area contributed by atoms with E-state index in [1.807, 2.05) is 18.0 Å². The summed E-state index contributed by atoms with van der Waals surface area (Å²) in [5.41, 5.74) is 6.72. The van der Waals surface area contributed by atoms with Crippen LogP contribution in [0.5, 0.6) is 40.5 Å². The molecule has 0 aliphatic carbocycles. The highest BCUT2D eigenvalue weighted by molar-refractivity contribution is 6.32. The molecule has 2 heterocycles. The van der Waals surface area contributed by atoms with Gasteiger partial charge in [-0.3, -0.25) is 16.1 Å². The minimum atomic E-state index is -1.39. The minimum absolute atomic E-state index is 0.0984. The third-order valence-electron chi connectivity index (χ3n) is 6.50. The fourth-order valence-corrected chi connectivity index (χ4v) is 4.49. The number of ether oxygens (including phenoxy) is 4. The van der Waals surface area contributed by atoms with Crippen molar-refractivity contribution in [2.24, 2.45) is 10.7 Å². The van der Waals surface area contributed by atoms with Crippen LogP contribution in [0.4, 0.5) is 8.78 Å². The lowest BCUT2D eigenvalue weighted by Crippen LogP contribution is -2.46. The average Bonchev–Trinajstić information content (AvgIpc) is 3.45. The zero-order valence-corrected chi connectivity index (χ0v) is 24.8. The van der Waals surface area contributed by atoms with E-state index < -0.39 is 40.9 Å². The second-order valence-electron chi connectivity index (χ2n) is 9.64. The molecule has 14 heteroatoms. The Labute approximate surface area is 260 Å². The quantitative estimate of drug-likeness (QED) is 0.130. The van der Waals surface area contributed by atoms with Gasteiger partial charge in [-0.05, 0) is 49.4 Å². The van der Waals surface area contributed by atoms with Crippen LogP contribution in [0, 0.1) is 11.6 Å². The van der Waals surface area contributed by atoms with Gasteiger partial charge in [0.15, 0.2) is 11.5 Å². The Morgan fingerprint density at radius 3 is 2.42 bits per heavy atom. The van der Waals surface area contributed by atoms with Crippen LogP contribution in [0.2, 0.25) is 5.02 Å². The van der Waals surface area contributed by atoms with E-state index in [9.17, 15) is 9.90 Å². The number of likely N-dealkylation sites (N-methyl/N-ethyl adjacent to an activating group) is 1. The third kappa shape index (κ3) is 6.73. The van der Waals surface area contributed by atoms with Gasteiger partial charge in [-0.15, -0.1) is 0 Å². The number of amidine groups is 2. The number of carbonyl (C=O) groups is 1. The van der Waals surface area contributed by atoms with Gasteiger partial charge in [0.2, 0.25) is 17.4 Å². The van der Waals surface area contributed by atoms with E-state index in [2.05, 4.69) is 9.98 Å². The molecule has 0 amide bonds. The fraction of sp³-hybridized carbons (Fsp3) is 0.161. The highest BCUT2D eigenvalue weighted by Gasteiger charge is 2.28. The summed E-state index contributed by atoms with van der Waals surface area (Å²) >= 11 is 6.30. The molecule has 1 aliphatic rings. The number of nitrogens with zero attached hydrogens (tertiary/aromatic N) is 3. The van der Waals surface area contributed by atoms with E-state index in [1.165, 1.54) is 36.4 Å². The van der Waals surface area contributed by atoms with Crippen LogP contribution in [0.3, 0.4) is 0 Å². The maximum Gasteiger partial charge on any atom is 0.338 e. The molecule has 1 aromatic heterocycles. The number of rotatable bonds is 10. The highest BCUT2D eigenvalue weighted by atomic mass is 35.5.